The zero-order valence-electron chi connectivity index (χ0n) is 9.26. The van der Waals surface area contributed by atoms with Gasteiger partial charge in [0.25, 0.3) is 0 Å². The molecule has 3 N–H and O–H groups in total. The molecule has 1 aromatic carbocycles. The summed E-state index contributed by atoms with van der Waals surface area (Å²) in [6.07, 6.45) is 0. The van der Waals surface area contributed by atoms with E-state index in [0.29, 0.717) is 5.84 Å². The third-order valence-corrected chi connectivity index (χ3v) is 2.65. The molecule has 3 heteroatoms. The summed E-state index contributed by atoms with van der Waals surface area (Å²) < 4.78 is 0. The molecule has 1 heterocycles. The van der Waals surface area contributed by atoms with Crippen molar-refractivity contribution in [1.82, 2.24) is 0 Å². The van der Waals surface area contributed by atoms with Crippen LogP contribution in [-0.4, -0.2) is 11.7 Å². The van der Waals surface area contributed by atoms with Crippen molar-refractivity contribution in [3.63, 3.8) is 0 Å². The predicted molar refractivity (Wildman–Crippen MR) is 62.7 cm³/mol. The molecule has 0 amide bonds. The molecule has 0 saturated carbocycles. The normalized spacial score (nSPS) is 15.1. The Bertz CT molecular complexity index is 464. The van der Waals surface area contributed by atoms with E-state index >= 15 is 0 Å². The quantitative estimate of drug-likeness (QED) is 0.662. The van der Waals surface area contributed by atoms with Gasteiger partial charge in [-0.15, -0.1) is 0 Å². The minimum Gasteiger partial charge on any atom is -0.383 e. The van der Waals surface area contributed by atoms with E-state index in [1.807, 2.05) is 12.1 Å². The lowest BCUT2D eigenvalue weighted by molar-refractivity contribution is 0.590. The molecule has 3 nitrogen and oxygen atoms in total. The molecule has 0 fully saturated rings. The van der Waals surface area contributed by atoms with Crippen molar-refractivity contribution in [3.05, 3.63) is 34.9 Å². The molecule has 0 aromatic heterocycles. The van der Waals surface area contributed by atoms with Gasteiger partial charge in [0.2, 0.25) is 0 Å². The first-order chi connectivity index (χ1) is 6.89. The summed E-state index contributed by atoms with van der Waals surface area (Å²) in [6, 6.07) is 6.02. The van der Waals surface area contributed by atoms with Crippen LogP contribution in [-0.2, 0) is 5.41 Å². The van der Waals surface area contributed by atoms with Gasteiger partial charge in [-0.2, -0.15) is 0 Å². The second-order valence-electron chi connectivity index (χ2n) is 4.86. The molecule has 1 aromatic rings. The van der Waals surface area contributed by atoms with Gasteiger partial charge in [0.05, 0.1) is 0 Å². The van der Waals surface area contributed by atoms with Crippen LogP contribution in [0.3, 0.4) is 0 Å². The smallest absolute Gasteiger partial charge is 0.154 e. The second kappa shape index (κ2) is 2.92. The SMILES string of the molecule is CC(C)(C)c1ccc2c(c1)C(=N)N=C2N. The monoisotopic (exact) mass is 201 g/mol. The number of hydrogen-bond donors (Lipinski definition) is 2. The van der Waals surface area contributed by atoms with E-state index in [1.54, 1.807) is 0 Å². The van der Waals surface area contributed by atoms with Crippen molar-refractivity contribution in [2.75, 3.05) is 0 Å². The van der Waals surface area contributed by atoms with E-state index in [4.69, 9.17) is 11.1 Å². The maximum Gasteiger partial charge on any atom is 0.154 e. The molecule has 0 saturated heterocycles. The number of fused-ring (bicyclic) bond motifs is 1. The standard InChI is InChI=1S/C12H15N3/c1-12(2,3)7-4-5-8-9(6-7)11(14)15-10(8)13/h4-6H,1-3H3,(H3,13,14,15). The molecule has 0 atom stereocenters. The highest BCUT2D eigenvalue weighted by Crippen LogP contribution is 2.26. The van der Waals surface area contributed by atoms with Crippen LogP contribution < -0.4 is 5.73 Å². The van der Waals surface area contributed by atoms with Gasteiger partial charge < -0.3 is 5.73 Å². The molecular weight excluding hydrogens is 186 g/mol. The average molecular weight is 201 g/mol. The Labute approximate surface area is 89.5 Å². The van der Waals surface area contributed by atoms with Crippen molar-refractivity contribution >= 4 is 11.7 Å². The Morgan fingerprint density at radius 1 is 1.20 bits per heavy atom. The Hall–Kier alpha value is -1.64. The largest absolute Gasteiger partial charge is 0.383 e. The van der Waals surface area contributed by atoms with Gasteiger partial charge >= 0.3 is 0 Å². The van der Waals surface area contributed by atoms with Crippen LogP contribution in [0.1, 0.15) is 37.5 Å². The van der Waals surface area contributed by atoms with Crippen LogP contribution in [0, 0.1) is 5.41 Å². The second-order valence-corrected chi connectivity index (χ2v) is 4.86. The fourth-order valence-corrected chi connectivity index (χ4v) is 1.67. The summed E-state index contributed by atoms with van der Waals surface area (Å²) in [7, 11) is 0. The molecule has 2 rings (SSSR count). The molecule has 15 heavy (non-hydrogen) atoms. The Morgan fingerprint density at radius 3 is 2.47 bits per heavy atom. The number of nitrogens with one attached hydrogen (secondary N) is 1. The van der Waals surface area contributed by atoms with E-state index < -0.39 is 0 Å². The van der Waals surface area contributed by atoms with Crippen molar-refractivity contribution in [2.24, 2.45) is 10.7 Å². The Morgan fingerprint density at radius 2 is 1.87 bits per heavy atom. The third kappa shape index (κ3) is 1.54. The first-order valence-electron chi connectivity index (χ1n) is 4.97. The number of rotatable bonds is 0. The van der Waals surface area contributed by atoms with Gasteiger partial charge in [0, 0.05) is 11.1 Å². The molecular formula is C12H15N3. The number of nitrogens with zero attached hydrogens (tertiary/aromatic N) is 1. The predicted octanol–water partition coefficient (Wildman–Crippen LogP) is 2.03. The maximum absolute atomic E-state index is 7.69. The molecule has 0 bridgehead atoms. The maximum atomic E-state index is 7.69. The highest BCUT2D eigenvalue weighted by Gasteiger charge is 2.21. The van der Waals surface area contributed by atoms with Gasteiger partial charge in [0.15, 0.2) is 5.84 Å². The zero-order valence-corrected chi connectivity index (χ0v) is 9.26. The van der Waals surface area contributed by atoms with E-state index in [2.05, 4.69) is 31.8 Å². The fourth-order valence-electron chi connectivity index (χ4n) is 1.67. The fraction of sp³-hybridized carbons (Fsp3) is 0.333. The summed E-state index contributed by atoms with van der Waals surface area (Å²) >= 11 is 0. The van der Waals surface area contributed by atoms with Gasteiger partial charge in [-0.1, -0.05) is 32.9 Å². The number of hydrogen-bond acceptors (Lipinski definition) is 2. The minimum absolute atomic E-state index is 0.0899. The third-order valence-electron chi connectivity index (χ3n) is 2.65. The number of nitrogens with two attached hydrogens (primary N) is 1. The van der Waals surface area contributed by atoms with Crippen LogP contribution in [0.2, 0.25) is 0 Å². The van der Waals surface area contributed by atoms with Crippen LogP contribution >= 0.6 is 0 Å². The molecule has 0 aliphatic carbocycles. The Kier molecular flexibility index (Phi) is 1.93. The highest BCUT2D eigenvalue weighted by molar-refractivity contribution is 6.20. The van der Waals surface area contributed by atoms with Crippen LogP contribution in [0.15, 0.2) is 23.2 Å². The molecule has 1 aliphatic heterocycles. The topological polar surface area (TPSA) is 62.2 Å². The van der Waals surface area contributed by atoms with E-state index in [0.717, 1.165) is 11.1 Å². The molecule has 1 aliphatic rings. The highest BCUT2D eigenvalue weighted by atomic mass is 14.9. The minimum atomic E-state index is 0.0899. The van der Waals surface area contributed by atoms with E-state index in [1.165, 1.54) is 5.56 Å². The van der Waals surface area contributed by atoms with Crippen LogP contribution in [0.4, 0.5) is 0 Å². The van der Waals surface area contributed by atoms with Crippen molar-refractivity contribution in [3.8, 4) is 0 Å². The summed E-state index contributed by atoms with van der Waals surface area (Å²) in [5.74, 6) is 0.726. The lowest BCUT2D eigenvalue weighted by atomic mass is 9.85. The lowest BCUT2D eigenvalue weighted by Gasteiger charge is -2.19. The average Bonchev–Trinajstić information content (AvgIpc) is 2.41. The van der Waals surface area contributed by atoms with Crippen LogP contribution in [0.5, 0.6) is 0 Å². The summed E-state index contributed by atoms with van der Waals surface area (Å²) in [4.78, 5) is 3.96. The van der Waals surface area contributed by atoms with Gasteiger partial charge in [-0.05, 0) is 17.0 Å². The van der Waals surface area contributed by atoms with Gasteiger partial charge in [-0.3, -0.25) is 5.41 Å². The van der Waals surface area contributed by atoms with Crippen molar-refractivity contribution < 1.29 is 0 Å². The first-order valence-corrected chi connectivity index (χ1v) is 4.97. The van der Waals surface area contributed by atoms with E-state index in [-0.39, 0.29) is 11.3 Å². The molecule has 0 spiro atoms. The summed E-state index contributed by atoms with van der Waals surface area (Å²) in [5, 5.41) is 7.69. The zero-order chi connectivity index (χ0) is 11.2. The number of benzene rings is 1. The molecule has 78 valence electrons. The van der Waals surface area contributed by atoms with Crippen molar-refractivity contribution in [1.29, 1.82) is 5.41 Å². The van der Waals surface area contributed by atoms with Crippen molar-refractivity contribution in [2.45, 2.75) is 26.2 Å². The summed E-state index contributed by atoms with van der Waals surface area (Å²) in [5.41, 5.74) is 8.73. The van der Waals surface area contributed by atoms with Gasteiger partial charge in [0.1, 0.15) is 5.84 Å². The Balaban J connectivity index is 2.56. The number of amidine groups is 2. The van der Waals surface area contributed by atoms with E-state index in [9.17, 15) is 0 Å². The lowest BCUT2D eigenvalue weighted by Crippen LogP contribution is -2.14. The van der Waals surface area contributed by atoms with Gasteiger partial charge in [-0.25, -0.2) is 4.99 Å². The van der Waals surface area contributed by atoms with Crippen LogP contribution in [0.25, 0.3) is 0 Å². The number of aliphatic imine (C=N–C) groups is 1. The first kappa shape index (κ1) is 9.90. The summed E-state index contributed by atoms with van der Waals surface area (Å²) in [6.45, 7) is 6.45. The molecule has 0 unspecified atom stereocenters. The molecule has 0 radical (unpaired) electrons.